The summed E-state index contributed by atoms with van der Waals surface area (Å²) in [4.78, 5) is 2.58. The fourth-order valence-electron chi connectivity index (χ4n) is 1.77. The Morgan fingerprint density at radius 1 is 1.26 bits per heavy atom. The van der Waals surface area contributed by atoms with Crippen molar-refractivity contribution in [3.8, 4) is 10.4 Å². The van der Waals surface area contributed by atoms with E-state index in [9.17, 15) is 0 Å². The molecule has 0 aliphatic heterocycles. The summed E-state index contributed by atoms with van der Waals surface area (Å²) in [5.74, 6) is 0. The van der Waals surface area contributed by atoms with Gasteiger partial charge in [0.05, 0.1) is 6.61 Å². The molecule has 0 saturated heterocycles. The molecule has 0 aliphatic rings. The first-order chi connectivity index (χ1) is 9.29. The number of hydrogen-bond donors (Lipinski definition) is 1. The number of thiophene rings is 1. The lowest BCUT2D eigenvalue weighted by atomic mass is 10.2. The standard InChI is InChI=1S/C15H18ClNOS/c1-2-18-9-8-17-11-14-6-7-15(19-14)12-4-3-5-13(16)10-12/h3-7,10,17H,2,8-9,11H2,1H3. The second kappa shape index (κ2) is 7.65. The van der Waals surface area contributed by atoms with Gasteiger partial charge in [-0.1, -0.05) is 23.7 Å². The molecule has 4 heteroatoms. The van der Waals surface area contributed by atoms with Crippen molar-refractivity contribution in [1.82, 2.24) is 5.32 Å². The van der Waals surface area contributed by atoms with Crippen LogP contribution in [0.3, 0.4) is 0 Å². The third kappa shape index (κ3) is 4.62. The van der Waals surface area contributed by atoms with Gasteiger partial charge in [-0.15, -0.1) is 11.3 Å². The molecule has 102 valence electrons. The number of rotatable bonds is 7. The highest BCUT2D eigenvalue weighted by Crippen LogP contribution is 2.29. The molecule has 0 spiro atoms. The Bertz CT molecular complexity index is 512. The summed E-state index contributed by atoms with van der Waals surface area (Å²) in [6.45, 7) is 5.33. The zero-order valence-electron chi connectivity index (χ0n) is 11.0. The fourth-order valence-corrected chi connectivity index (χ4v) is 2.93. The molecule has 0 amide bonds. The van der Waals surface area contributed by atoms with Crippen LogP contribution >= 0.6 is 22.9 Å². The van der Waals surface area contributed by atoms with Crippen LogP contribution in [0.25, 0.3) is 10.4 Å². The molecule has 0 atom stereocenters. The molecule has 0 aliphatic carbocycles. The predicted octanol–water partition coefficient (Wildman–Crippen LogP) is 4.19. The maximum Gasteiger partial charge on any atom is 0.0590 e. The zero-order chi connectivity index (χ0) is 13.5. The molecule has 1 aromatic carbocycles. The summed E-state index contributed by atoms with van der Waals surface area (Å²) < 4.78 is 5.29. The maximum absolute atomic E-state index is 6.01. The molecule has 1 heterocycles. The Hall–Kier alpha value is -0.870. The average molecular weight is 296 g/mol. The minimum atomic E-state index is 0.767. The Labute approximate surface area is 123 Å². The van der Waals surface area contributed by atoms with E-state index in [1.165, 1.54) is 15.3 Å². The number of benzene rings is 1. The highest BCUT2D eigenvalue weighted by Gasteiger charge is 2.03. The van der Waals surface area contributed by atoms with Crippen molar-refractivity contribution in [1.29, 1.82) is 0 Å². The summed E-state index contributed by atoms with van der Waals surface area (Å²) in [6, 6.07) is 12.3. The quantitative estimate of drug-likeness (QED) is 0.773. The topological polar surface area (TPSA) is 21.3 Å². The maximum atomic E-state index is 6.01. The van der Waals surface area contributed by atoms with Crippen LogP contribution in [-0.2, 0) is 11.3 Å². The summed E-state index contributed by atoms with van der Waals surface area (Å²) in [5.41, 5.74) is 1.18. The van der Waals surface area contributed by atoms with Crippen molar-refractivity contribution in [3.05, 3.63) is 46.3 Å². The van der Waals surface area contributed by atoms with Crippen molar-refractivity contribution >= 4 is 22.9 Å². The SMILES string of the molecule is CCOCCNCc1ccc(-c2cccc(Cl)c2)s1. The van der Waals surface area contributed by atoms with Crippen LogP contribution in [0.2, 0.25) is 5.02 Å². The van der Waals surface area contributed by atoms with Gasteiger partial charge in [0.1, 0.15) is 0 Å². The van der Waals surface area contributed by atoms with Crippen LogP contribution in [0.15, 0.2) is 36.4 Å². The molecular formula is C15H18ClNOS. The van der Waals surface area contributed by atoms with E-state index in [1.807, 2.05) is 25.1 Å². The van der Waals surface area contributed by atoms with E-state index >= 15 is 0 Å². The van der Waals surface area contributed by atoms with Gasteiger partial charge in [0, 0.05) is 34.5 Å². The molecule has 1 N–H and O–H groups in total. The Morgan fingerprint density at radius 2 is 2.16 bits per heavy atom. The molecule has 19 heavy (non-hydrogen) atoms. The van der Waals surface area contributed by atoms with Gasteiger partial charge in [-0.05, 0) is 36.8 Å². The summed E-state index contributed by atoms with van der Waals surface area (Å²) in [6.07, 6.45) is 0. The lowest BCUT2D eigenvalue weighted by Gasteiger charge is -2.02. The third-order valence-electron chi connectivity index (χ3n) is 2.70. The Morgan fingerprint density at radius 3 is 2.95 bits per heavy atom. The van der Waals surface area contributed by atoms with Crippen LogP contribution in [0.5, 0.6) is 0 Å². The van der Waals surface area contributed by atoms with Crippen LogP contribution in [0, 0.1) is 0 Å². The summed E-state index contributed by atoms with van der Waals surface area (Å²) in [7, 11) is 0. The van der Waals surface area contributed by atoms with Gasteiger partial charge in [-0.3, -0.25) is 0 Å². The van der Waals surface area contributed by atoms with E-state index in [0.29, 0.717) is 0 Å². The fraction of sp³-hybridized carbons (Fsp3) is 0.333. The Balaban J connectivity index is 1.88. The van der Waals surface area contributed by atoms with Crippen molar-refractivity contribution in [2.24, 2.45) is 0 Å². The summed E-state index contributed by atoms with van der Waals surface area (Å²) in [5, 5.41) is 4.15. The van der Waals surface area contributed by atoms with E-state index in [0.717, 1.165) is 31.3 Å². The van der Waals surface area contributed by atoms with E-state index in [4.69, 9.17) is 16.3 Å². The smallest absolute Gasteiger partial charge is 0.0590 e. The molecule has 2 rings (SSSR count). The lowest BCUT2D eigenvalue weighted by molar-refractivity contribution is 0.149. The van der Waals surface area contributed by atoms with Crippen LogP contribution in [0.1, 0.15) is 11.8 Å². The molecule has 0 saturated carbocycles. The van der Waals surface area contributed by atoms with Crippen molar-refractivity contribution in [2.75, 3.05) is 19.8 Å². The van der Waals surface area contributed by atoms with Gasteiger partial charge >= 0.3 is 0 Å². The molecule has 0 unspecified atom stereocenters. The van der Waals surface area contributed by atoms with Crippen molar-refractivity contribution < 1.29 is 4.74 Å². The molecule has 0 radical (unpaired) electrons. The molecule has 1 aromatic heterocycles. The lowest BCUT2D eigenvalue weighted by Crippen LogP contribution is -2.18. The van der Waals surface area contributed by atoms with E-state index in [1.54, 1.807) is 11.3 Å². The first kappa shape index (κ1) is 14.5. The van der Waals surface area contributed by atoms with Gasteiger partial charge in [-0.2, -0.15) is 0 Å². The van der Waals surface area contributed by atoms with Crippen LogP contribution < -0.4 is 5.32 Å². The normalized spacial score (nSPS) is 10.8. The first-order valence-electron chi connectivity index (χ1n) is 6.42. The number of ether oxygens (including phenoxy) is 1. The number of hydrogen-bond acceptors (Lipinski definition) is 3. The molecule has 2 aromatic rings. The molecular weight excluding hydrogens is 278 g/mol. The van der Waals surface area contributed by atoms with E-state index in [-0.39, 0.29) is 0 Å². The van der Waals surface area contributed by atoms with Crippen molar-refractivity contribution in [3.63, 3.8) is 0 Å². The second-order valence-corrected chi connectivity index (χ2v) is 5.75. The van der Waals surface area contributed by atoms with Crippen LogP contribution in [0.4, 0.5) is 0 Å². The molecule has 2 nitrogen and oxygen atoms in total. The van der Waals surface area contributed by atoms with Gasteiger partial charge in [0.2, 0.25) is 0 Å². The minimum absolute atomic E-state index is 0.767. The van der Waals surface area contributed by atoms with Gasteiger partial charge in [0.15, 0.2) is 0 Å². The van der Waals surface area contributed by atoms with Crippen molar-refractivity contribution in [2.45, 2.75) is 13.5 Å². The minimum Gasteiger partial charge on any atom is -0.380 e. The molecule has 0 bridgehead atoms. The Kier molecular flexibility index (Phi) is 5.86. The second-order valence-electron chi connectivity index (χ2n) is 4.15. The monoisotopic (exact) mass is 295 g/mol. The average Bonchev–Trinajstić information content (AvgIpc) is 2.87. The largest absolute Gasteiger partial charge is 0.380 e. The first-order valence-corrected chi connectivity index (χ1v) is 7.62. The van der Waals surface area contributed by atoms with Gasteiger partial charge < -0.3 is 10.1 Å². The van der Waals surface area contributed by atoms with Crippen LogP contribution in [-0.4, -0.2) is 19.8 Å². The molecule has 0 fully saturated rings. The number of nitrogens with one attached hydrogen (secondary N) is 1. The summed E-state index contributed by atoms with van der Waals surface area (Å²) >= 11 is 7.81. The van der Waals surface area contributed by atoms with E-state index in [2.05, 4.69) is 23.5 Å². The van der Waals surface area contributed by atoms with E-state index < -0.39 is 0 Å². The highest BCUT2D eigenvalue weighted by molar-refractivity contribution is 7.15. The van der Waals surface area contributed by atoms with Gasteiger partial charge in [-0.25, -0.2) is 0 Å². The van der Waals surface area contributed by atoms with Gasteiger partial charge in [0.25, 0.3) is 0 Å². The number of halogens is 1. The predicted molar refractivity (Wildman–Crippen MR) is 83.0 cm³/mol. The highest BCUT2D eigenvalue weighted by atomic mass is 35.5. The third-order valence-corrected chi connectivity index (χ3v) is 4.07. The zero-order valence-corrected chi connectivity index (χ0v) is 12.6.